The van der Waals surface area contributed by atoms with E-state index in [-0.39, 0.29) is 0 Å². The maximum atomic E-state index is 11.7. The highest BCUT2D eigenvalue weighted by molar-refractivity contribution is 8.02. The predicted molar refractivity (Wildman–Crippen MR) is 109 cm³/mol. The Morgan fingerprint density at radius 1 is 1.29 bits per heavy atom. The van der Waals surface area contributed by atoms with Crippen molar-refractivity contribution >= 4 is 29.6 Å². The highest BCUT2D eigenvalue weighted by Gasteiger charge is 2.14. The van der Waals surface area contributed by atoms with Crippen molar-refractivity contribution in [2.45, 2.75) is 5.75 Å². The van der Waals surface area contributed by atoms with Gasteiger partial charge in [-0.3, -0.25) is 9.78 Å². The van der Waals surface area contributed by atoms with Gasteiger partial charge in [-0.05, 0) is 23.3 Å². The number of esters is 1. The monoisotopic (exact) mass is 393 g/mol. The lowest BCUT2D eigenvalue weighted by atomic mass is 9.99. The van der Waals surface area contributed by atoms with Crippen LogP contribution < -0.4 is 5.32 Å². The van der Waals surface area contributed by atoms with Gasteiger partial charge in [-0.25, -0.2) is 4.79 Å². The lowest BCUT2D eigenvalue weighted by molar-refractivity contribution is -0.104. The molecule has 0 amide bonds. The second-order valence-electron chi connectivity index (χ2n) is 5.51. The molecule has 0 fully saturated rings. The fraction of sp³-hybridized carbons (Fsp3) is 0.143. The highest BCUT2D eigenvalue weighted by Crippen LogP contribution is 2.30. The molecule has 1 N–H and O–H groups in total. The van der Waals surface area contributed by atoms with E-state index >= 15 is 0 Å². The molecule has 7 heteroatoms. The number of thioether (sulfide) groups is 1. The summed E-state index contributed by atoms with van der Waals surface area (Å²) in [4.78, 5) is 26.9. The van der Waals surface area contributed by atoms with Crippen LogP contribution in [0.1, 0.15) is 21.5 Å². The van der Waals surface area contributed by atoms with Crippen LogP contribution in [0.3, 0.4) is 0 Å². The average Bonchev–Trinajstić information content (AvgIpc) is 2.75. The van der Waals surface area contributed by atoms with Gasteiger partial charge in [0.25, 0.3) is 0 Å². The molecule has 6 nitrogen and oxygen atoms in total. The number of allylic oxidation sites excluding steroid dienone is 3. The van der Waals surface area contributed by atoms with Crippen LogP contribution in [0.15, 0.2) is 65.5 Å². The lowest BCUT2D eigenvalue weighted by Gasteiger charge is -2.13. The smallest absolute Gasteiger partial charge is 0.339 e. The van der Waals surface area contributed by atoms with Crippen LogP contribution in [0, 0.1) is 11.3 Å². The van der Waals surface area contributed by atoms with Crippen LogP contribution in [0.2, 0.25) is 0 Å². The number of nitrogens with zero attached hydrogens (tertiary/aromatic N) is 2. The van der Waals surface area contributed by atoms with Crippen LogP contribution in [0.25, 0.3) is 5.57 Å². The number of benzene rings is 1. The summed E-state index contributed by atoms with van der Waals surface area (Å²) in [6, 6.07) is 13.1. The predicted octanol–water partition coefficient (Wildman–Crippen LogP) is 3.34. The van der Waals surface area contributed by atoms with Gasteiger partial charge in [-0.15, -0.1) is 11.8 Å². The number of nitrogens with one attached hydrogen (secondary N) is 1. The number of hydrogen-bond donors (Lipinski definition) is 1. The molecular weight excluding hydrogens is 374 g/mol. The Morgan fingerprint density at radius 3 is 2.64 bits per heavy atom. The number of ether oxygens (including phenoxy) is 1. The summed E-state index contributed by atoms with van der Waals surface area (Å²) in [6.45, 7) is 0. The van der Waals surface area contributed by atoms with Crippen molar-refractivity contribution in [3.05, 3.63) is 82.2 Å². The Kier molecular flexibility index (Phi) is 8.00. The third-order valence-electron chi connectivity index (χ3n) is 3.75. The van der Waals surface area contributed by atoms with Crippen molar-refractivity contribution in [1.82, 2.24) is 10.3 Å². The normalized spacial score (nSPS) is 11.8. The first-order valence-corrected chi connectivity index (χ1v) is 9.31. The van der Waals surface area contributed by atoms with E-state index in [0.717, 1.165) is 11.1 Å². The fourth-order valence-electron chi connectivity index (χ4n) is 2.46. The van der Waals surface area contributed by atoms with Gasteiger partial charge in [-0.2, -0.15) is 5.26 Å². The Bertz CT molecular complexity index is 947. The third kappa shape index (κ3) is 5.32. The van der Waals surface area contributed by atoms with Gasteiger partial charge in [0.1, 0.15) is 12.4 Å². The zero-order valence-corrected chi connectivity index (χ0v) is 16.3. The molecule has 0 aliphatic heterocycles. The average molecular weight is 393 g/mol. The summed E-state index contributed by atoms with van der Waals surface area (Å²) in [5.41, 5.74) is 2.84. The summed E-state index contributed by atoms with van der Waals surface area (Å²) < 4.78 is 4.71. The Balaban J connectivity index is 2.34. The van der Waals surface area contributed by atoms with E-state index < -0.39 is 5.97 Å². The molecule has 28 heavy (non-hydrogen) atoms. The van der Waals surface area contributed by atoms with Gasteiger partial charge >= 0.3 is 5.97 Å². The van der Waals surface area contributed by atoms with Gasteiger partial charge < -0.3 is 10.1 Å². The maximum absolute atomic E-state index is 11.7. The molecule has 0 saturated heterocycles. The second kappa shape index (κ2) is 10.7. The number of rotatable bonds is 8. The molecule has 1 heterocycles. The van der Waals surface area contributed by atoms with Gasteiger partial charge in [0.05, 0.1) is 23.3 Å². The van der Waals surface area contributed by atoms with Crippen molar-refractivity contribution < 1.29 is 14.3 Å². The standard InChI is InChI=1S/C21H19N3O3S/c1-23-20(28-14-15-10-17(13-24-12-15)21(26)27-2)19(11-22)18(8-9-25)16-6-4-3-5-7-16/h3-10,12-13,23H,14H2,1-2H3/b18-8-,20-19+. The zero-order chi connectivity index (χ0) is 20.4. The minimum atomic E-state index is -0.457. The van der Waals surface area contributed by atoms with Gasteiger partial charge in [0.2, 0.25) is 0 Å². The third-order valence-corrected chi connectivity index (χ3v) is 4.93. The van der Waals surface area contributed by atoms with Crippen molar-refractivity contribution in [2.75, 3.05) is 14.2 Å². The lowest BCUT2D eigenvalue weighted by Crippen LogP contribution is -2.08. The van der Waals surface area contributed by atoms with E-state index in [9.17, 15) is 14.9 Å². The zero-order valence-electron chi connectivity index (χ0n) is 15.5. The molecule has 0 radical (unpaired) electrons. The minimum Gasteiger partial charge on any atom is -0.465 e. The number of carbonyl (C=O) groups is 2. The first kappa shape index (κ1) is 20.9. The van der Waals surface area contributed by atoms with Crippen LogP contribution in [0.4, 0.5) is 0 Å². The molecule has 0 unspecified atom stereocenters. The molecule has 2 aromatic rings. The van der Waals surface area contributed by atoms with Gasteiger partial charge in [-0.1, -0.05) is 30.3 Å². The molecule has 142 valence electrons. The molecule has 1 aromatic heterocycles. The summed E-state index contributed by atoms with van der Waals surface area (Å²) >= 11 is 1.38. The van der Waals surface area contributed by atoms with Crippen LogP contribution in [-0.2, 0) is 15.3 Å². The summed E-state index contributed by atoms with van der Waals surface area (Å²) in [5, 5.41) is 13.4. The van der Waals surface area contributed by atoms with E-state index in [0.29, 0.717) is 33.8 Å². The number of hydrogen-bond acceptors (Lipinski definition) is 7. The number of pyridine rings is 1. The topological polar surface area (TPSA) is 92.1 Å². The van der Waals surface area contributed by atoms with Crippen molar-refractivity contribution in [3.8, 4) is 6.07 Å². The van der Waals surface area contributed by atoms with Crippen LogP contribution in [0.5, 0.6) is 0 Å². The molecule has 0 aliphatic carbocycles. The Labute approximate surface area is 167 Å². The summed E-state index contributed by atoms with van der Waals surface area (Å²) in [5.74, 6) is 0.0178. The fourth-order valence-corrected chi connectivity index (χ4v) is 3.38. The number of nitriles is 1. The van der Waals surface area contributed by atoms with Crippen molar-refractivity contribution in [1.29, 1.82) is 5.26 Å². The molecule has 0 bridgehead atoms. The minimum absolute atomic E-state index is 0.363. The van der Waals surface area contributed by atoms with E-state index in [1.165, 1.54) is 31.1 Å². The van der Waals surface area contributed by atoms with Crippen LogP contribution in [-0.4, -0.2) is 31.4 Å². The number of aromatic nitrogens is 1. The Hall–Kier alpha value is -3.37. The summed E-state index contributed by atoms with van der Waals surface area (Å²) in [7, 11) is 3.03. The molecule has 0 aliphatic rings. The van der Waals surface area contributed by atoms with Gasteiger partial charge in [0.15, 0.2) is 0 Å². The largest absolute Gasteiger partial charge is 0.465 e. The van der Waals surface area contributed by atoms with Crippen molar-refractivity contribution in [2.24, 2.45) is 0 Å². The van der Waals surface area contributed by atoms with Gasteiger partial charge in [0, 0.05) is 30.8 Å². The molecule has 0 spiro atoms. The second-order valence-corrected chi connectivity index (χ2v) is 6.50. The molecular formula is C21H19N3O3S. The molecule has 0 atom stereocenters. The SMILES string of the molecule is CN/C(SCc1cncc(C(=O)OC)c1)=C(C#N)\C(=C/C=O)c1ccccc1. The number of methoxy groups -OCH3 is 1. The first-order chi connectivity index (χ1) is 13.6. The number of carbonyl (C=O) groups excluding carboxylic acids is 2. The highest BCUT2D eigenvalue weighted by atomic mass is 32.2. The molecule has 2 rings (SSSR count). The maximum Gasteiger partial charge on any atom is 0.339 e. The van der Waals surface area contributed by atoms with E-state index in [1.807, 2.05) is 30.3 Å². The number of aldehydes is 1. The van der Waals surface area contributed by atoms with Crippen LogP contribution >= 0.6 is 11.8 Å². The Morgan fingerprint density at radius 2 is 2.04 bits per heavy atom. The van der Waals surface area contributed by atoms with E-state index in [1.54, 1.807) is 19.3 Å². The molecule has 1 aromatic carbocycles. The first-order valence-electron chi connectivity index (χ1n) is 8.33. The van der Waals surface area contributed by atoms with Crippen molar-refractivity contribution in [3.63, 3.8) is 0 Å². The molecule has 0 saturated carbocycles. The summed E-state index contributed by atoms with van der Waals surface area (Å²) in [6.07, 6.45) is 5.14. The quantitative estimate of drug-likeness (QED) is 0.242. The van der Waals surface area contributed by atoms with E-state index in [2.05, 4.69) is 16.4 Å². The van der Waals surface area contributed by atoms with E-state index in [4.69, 9.17) is 4.74 Å².